The Morgan fingerprint density at radius 3 is 2.71 bits per heavy atom. The van der Waals surface area contributed by atoms with E-state index >= 15 is 0 Å². The maximum Gasteiger partial charge on any atom is 0.410 e. The van der Waals surface area contributed by atoms with Gasteiger partial charge in [0.25, 0.3) is 0 Å². The number of hydrogen-bond donors (Lipinski definition) is 1. The van der Waals surface area contributed by atoms with Gasteiger partial charge in [-0.3, -0.25) is 4.79 Å². The number of carbonyl (C=O) groups is 2. The number of likely N-dealkylation sites (tertiary alicyclic amines) is 1. The number of ether oxygens (including phenoxy) is 1. The number of hydrogen-bond acceptors (Lipinski definition) is 3. The van der Waals surface area contributed by atoms with E-state index in [1.54, 1.807) is 25.7 Å². The number of nitrogens with one attached hydrogen (secondary N) is 1. The first kappa shape index (κ1) is 18.5. The Morgan fingerprint density at radius 1 is 1.38 bits per heavy atom. The highest BCUT2D eigenvalue weighted by atomic mass is 35.5. The van der Waals surface area contributed by atoms with Gasteiger partial charge in [-0.1, -0.05) is 11.6 Å². The molecule has 0 unspecified atom stereocenters. The van der Waals surface area contributed by atoms with Gasteiger partial charge in [-0.2, -0.15) is 0 Å². The molecule has 1 aromatic rings. The third kappa shape index (κ3) is 5.09. The monoisotopic (exact) mass is 356 g/mol. The lowest BCUT2D eigenvalue weighted by molar-refractivity contribution is -0.121. The van der Waals surface area contributed by atoms with Crippen LogP contribution >= 0.6 is 11.6 Å². The summed E-state index contributed by atoms with van der Waals surface area (Å²) in [6.45, 7) is 6.28. The highest BCUT2D eigenvalue weighted by molar-refractivity contribution is 6.31. The maximum absolute atomic E-state index is 13.2. The second-order valence-corrected chi connectivity index (χ2v) is 7.29. The highest BCUT2D eigenvalue weighted by Crippen LogP contribution is 2.23. The Balaban J connectivity index is 1.97. The van der Waals surface area contributed by atoms with E-state index in [-0.39, 0.29) is 16.8 Å². The van der Waals surface area contributed by atoms with Crippen molar-refractivity contribution in [2.45, 2.75) is 39.2 Å². The summed E-state index contributed by atoms with van der Waals surface area (Å²) in [4.78, 5) is 26.1. The number of piperidine rings is 1. The van der Waals surface area contributed by atoms with Crippen molar-refractivity contribution in [3.8, 4) is 0 Å². The predicted octanol–water partition coefficient (Wildman–Crippen LogP) is 4.06. The number of carbonyl (C=O) groups excluding carboxylic acids is 2. The molecule has 0 aromatic heterocycles. The van der Waals surface area contributed by atoms with Gasteiger partial charge in [0.2, 0.25) is 5.91 Å². The number of halogens is 2. The largest absolute Gasteiger partial charge is 0.444 e. The van der Waals surface area contributed by atoms with Crippen LogP contribution in [0.2, 0.25) is 5.02 Å². The normalized spacial score (nSPS) is 18.2. The summed E-state index contributed by atoms with van der Waals surface area (Å²) in [7, 11) is 0. The molecule has 7 heteroatoms. The van der Waals surface area contributed by atoms with Crippen LogP contribution in [-0.2, 0) is 9.53 Å². The number of anilines is 1. The maximum atomic E-state index is 13.2. The predicted molar refractivity (Wildman–Crippen MR) is 90.6 cm³/mol. The zero-order valence-electron chi connectivity index (χ0n) is 14.1. The molecule has 1 aromatic carbocycles. The average molecular weight is 357 g/mol. The van der Waals surface area contributed by atoms with Crippen LogP contribution < -0.4 is 5.32 Å². The molecule has 1 atom stereocenters. The second kappa shape index (κ2) is 7.38. The van der Waals surface area contributed by atoms with Gasteiger partial charge in [0.15, 0.2) is 0 Å². The van der Waals surface area contributed by atoms with Gasteiger partial charge in [0.05, 0.1) is 10.9 Å². The van der Waals surface area contributed by atoms with Crippen LogP contribution in [0.1, 0.15) is 33.6 Å². The molecule has 0 spiro atoms. The van der Waals surface area contributed by atoms with Crippen molar-refractivity contribution in [2.75, 3.05) is 18.4 Å². The van der Waals surface area contributed by atoms with Crippen molar-refractivity contribution in [3.63, 3.8) is 0 Å². The molecule has 0 saturated carbocycles. The molecular weight excluding hydrogens is 335 g/mol. The molecule has 5 nitrogen and oxygen atoms in total. The Morgan fingerprint density at radius 2 is 2.08 bits per heavy atom. The van der Waals surface area contributed by atoms with E-state index in [0.717, 1.165) is 6.42 Å². The summed E-state index contributed by atoms with van der Waals surface area (Å²) in [5, 5.41) is 2.67. The molecule has 1 saturated heterocycles. The lowest BCUT2D eigenvalue weighted by Crippen LogP contribution is -2.45. The van der Waals surface area contributed by atoms with Crippen LogP contribution in [0.25, 0.3) is 0 Å². The average Bonchev–Trinajstić information content (AvgIpc) is 2.49. The number of amides is 2. The van der Waals surface area contributed by atoms with Crippen LogP contribution in [-0.4, -0.2) is 35.6 Å². The number of nitrogens with zero attached hydrogens (tertiary/aromatic N) is 1. The van der Waals surface area contributed by atoms with Crippen molar-refractivity contribution in [1.82, 2.24) is 4.90 Å². The zero-order valence-corrected chi connectivity index (χ0v) is 14.8. The fourth-order valence-corrected chi connectivity index (χ4v) is 2.68. The zero-order chi connectivity index (χ0) is 17.9. The summed E-state index contributed by atoms with van der Waals surface area (Å²) in [6, 6.07) is 4.02. The number of benzene rings is 1. The molecular formula is C17H22ClFN2O3. The SMILES string of the molecule is CC(C)(C)OC(=O)N1CCC[C@H](C(=O)Nc2ccc(F)c(Cl)c2)C1. The lowest BCUT2D eigenvalue weighted by Gasteiger charge is -2.33. The molecule has 2 amide bonds. The van der Waals surface area contributed by atoms with Crippen LogP contribution in [0.4, 0.5) is 14.9 Å². The van der Waals surface area contributed by atoms with Crippen molar-refractivity contribution < 1.29 is 18.7 Å². The molecule has 24 heavy (non-hydrogen) atoms. The summed E-state index contributed by atoms with van der Waals surface area (Å²) in [6.07, 6.45) is 0.992. The van der Waals surface area contributed by atoms with E-state index in [9.17, 15) is 14.0 Å². The fraction of sp³-hybridized carbons (Fsp3) is 0.529. The van der Waals surface area contributed by atoms with Crippen molar-refractivity contribution in [3.05, 3.63) is 29.0 Å². The van der Waals surface area contributed by atoms with Crippen molar-refractivity contribution in [1.29, 1.82) is 0 Å². The van der Waals surface area contributed by atoms with E-state index in [2.05, 4.69) is 5.32 Å². The van der Waals surface area contributed by atoms with Crippen LogP contribution in [0, 0.1) is 11.7 Å². The van der Waals surface area contributed by atoms with Gasteiger partial charge in [0.1, 0.15) is 11.4 Å². The summed E-state index contributed by atoms with van der Waals surface area (Å²) < 4.78 is 18.5. The number of rotatable bonds is 2. The molecule has 0 bridgehead atoms. The van der Waals surface area contributed by atoms with Gasteiger partial charge in [-0.05, 0) is 51.8 Å². The molecule has 0 radical (unpaired) electrons. The topological polar surface area (TPSA) is 58.6 Å². The molecule has 132 valence electrons. The Bertz CT molecular complexity index is 631. The second-order valence-electron chi connectivity index (χ2n) is 6.88. The molecule has 0 aliphatic carbocycles. The fourth-order valence-electron chi connectivity index (χ4n) is 2.50. The van der Waals surface area contributed by atoms with E-state index in [1.807, 2.05) is 0 Å². The molecule has 2 rings (SSSR count). The van der Waals surface area contributed by atoms with E-state index in [1.165, 1.54) is 18.2 Å². The van der Waals surface area contributed by atoms with Gasteiger partial charge in [-0.15, -0.1) is 0 Å². The first-order valence-electron chi connectivity index (χ1n) is 7.89. The molecule has 1 heterocycles. The third-order valence-electron chi connectivity index (χ3n) is 3.63. The minimum Gasteiger partial charge on any atom is -0.444 e. The van der Waals surface area contributed by atoms with Crippen molar-refractivity contribution in [2.24, 2.45) is 5.92 Å². The standard InChI is InChI=1S/C17H22ClFN2O3/c1-17(2,3)24-16(23)21-8-4-5-11(10-21)15(22)20-12-6-7-14(19)13(18)9-12/h6-7,9,11H,4-5,8,10H2,1-3H3,(H,20,22)/t11-/m0/s1. The van der Waals surface area contributed by atoms with Gasteiger partial charge in [0, 0.05) is 18.8 Å². The first-order valence-corrected chi connectivity index (χ1v) is 8.27. The van der Waals surface area contributed by atoms with E-state index in [4.69, 9.17) is 16.3 Å². The minimum atomic E-state index is -0.572. The molecule has 1 fully saturated rings. The van der Waals surface area contributed by atoms with Gasteiger partial charge in [-0.25, -0.2) is 9.18 Å². The van der Waals surface area contributed by atoms with Crippen LogP contribution in [0.5, 0.6) is 0 Å². The van der Waals surface area contributed by atoms with Gasteiger partial charge < -0.3 is 15.0 Å². The highest BCUT2D eigenvalue weighted by Gasteiger charge is 2.31. The lowest BCUT2D eigenvalue weighted by atomic mass is 9.97. The van der Waals surface area contributed by atoms with Crippen LogP contribution in [0.15, 0.2) is 18.2 Å². The third-order valence-corrected chi connectivity index (χ3v) is 3.92. The van der Waals surface area contributed by atoms with E-state index < -0.39 is 17.5 Å². The molecule has 1 aliphatic rings. The van der Waals surface area contributed by atoms with Gasteiger partial charge >= 0.3 is 6.09 Å². The molecule has 1 aliphatic heterocycles. The smallest absolute Gasteiger partial charge is 0.410 e. The van der Waals surface area contributed by atoms with Crippen LogP contribution in [0.3, 0.4) is 0 Å². The summed E-state index contributed by atoms with van der Waals surface area (Å²) >= 11 is 5.71. The molecule has 1 N–H and O–H groups in total. The Labute approximate surface area is 146 Å². The quantitative estimate of drug-likeness (QED) is 0.869. The first-order chi connectivity index (χ1) is 11.2. The Kier molecular flexibility index (Phi) is 5.70. The Hall–Kier alpha value is -1.82. The van der Waals surface area contributed by atoms with E-state index in [0.29, 0.717) is 25.2 Å². The van der Waals surface area contributed by atoms with Crippen molar-refractivity contribution >= 4 is 29.3 Å². The summed E-state index contributed by atoms with van der Waals surface area (Å²) in [5.41, 5.74) is -0.141. The minimum absolute atomic E-state index is 0.0492. The summed E-state index contributed by atoms with van der Waals surface area (Å²) in [5.74, 6) is -1.09.